The number of carbonyl (C=O) groups is 2. The third-order valence-electron chi connectivity index (χ3n) is 5.01. The van der Waals surface area contributed by atoms with Gasteiger partial charge in [-0.1, -0.05) is 12.1 Å². The van der Waals surface area contributed by atoms with Crippen LogP contribution in [0.2, 0.25) is 0 Å². The molecule has 9 heteroatoms. The number of hydrogen-bond donors (Lipinski definition) is 1. The van der Waals surface area contributed by atoms with Gasteiger partial charge in [-0.2, -0.15) is 5.10 Å². The van der Waals surface area contributed by atoms with Crippen molar-refractivity contribution in [3.8, 4) is 23.0 Å². The normalized spacial score (nSPS) is 20.4. The van der Waals surface area contributed by atoms with Crippen LogP contribution in [-0.4, -0.2) is 50.6 Å². The van der Waals surface area contributed by atoms with Gasteiger partial charge in [0.25, 0.3) is 5.91 Å². The third-order valence-corrected chi connectivity index (χ3v) is 5.01. The molecule has 2 aromatic carbocycles. The second-order valence-electron chi connectivity index (χ2n) is 6.89. The van der Waals surface area contributed by atoms with Crippen molar-refractivity contribution in [1.82, 2.24) is 10.3 Å². The molecule has 0 aromatic heterocycles. The zero-order valence-electron chi connectivity index (χ0n) is 16.8. The van der Waals surface area contributed by atoms with Crippen molar-refractivity contribution in [3.05, 3.63) is 47.5 Å². The van der Waals surface area contributed by atoms with E-state index >= 15 is 0 Å². The Hall–Kier alpha value is -3.75. The van der Waals surface area contributed by atoms with E-state index in [0.717, 1.165) is 5.01 Å². The maximum Gasteiger partial charge on any atom is 0.346 e. The minimum atomic E-state index is -1.23. The van der Waals surface area contributed by atoms with Crippen LogP contribution >= 0.6 is 0 Å². The number of benzene rings is 2. The van der Waals surface area contributed by atoms with E-state index in [2.05, 4.69) is 10.4 Å². The molecule has 0 spiro atoms. The highest BCUT2D eigenvalue weighted by Crippen LogP contribution is 2.40. The van der Waals surface area contributed by atoms with Gasteiger partial charge in [0.1, 0.15) is 24.5 Å². The Morgan fingerprint density at radius 3 is 2.53 bits per heavy atom. The van der Waals surface area contributed by atoms with Gasteiger partial charge in [-0.3, -0.25) is 4.79 Å². The van der Waals surface area contributed by atoms with Crippen LogP contribution in [0.5, 0.6) is 23.0 Å². The first-order chi connectivity index (χ1) is 14.5. The van der Waals surface area contributed by atoms with Crippen molar-refractivity contribution >= 4 is 18.2 Å². The number of hydrogen-bond acceptors (Lipinski definition) is 7. The molecule has 0 aliphatic carbocycles. The molecule has 1 atom stereocenters. The van der Waals surface area contributed by atoms with E-state index in [1.165, 1.54) is 13.3 Å². The van der Waals surface area contributed by atoms with E-state index in [1.54, 1.807) is 50.4 Å². The molecular weight excluding hydrogens is 390 g/mol. The highest BCUT2D eigenvalue weighted by molar-refractivity contribution is 6.07. The van der Waals surface area contributed by atoms with Gasteiger partial charge in [-0.05, 0) is 36.8 Å². The molecule has 0 unspecified atom stereocenters. The maximum atomic E-state index is 13.0. The molecule has 0 radical (unpaired) electrons. The minimum Gasteiger partial charge on any atom is -0.497 e. The van der Waals surface area contributed by atoms with Crippen LogP contribution in [0.25, 0.3) is 0 Å². The number of urea groups is 1. The molecule has 2 heterocycles. The van der Waals surface area contributed by atoms with Crippen LogP contribution in [0.1, 0.15) is 18.1 Å². The van der Waals surface area contributed by atoms with Crippen LogP contribution in [0.15, 0.2) is 41.5 Å². The van der Waals surface area contributed by atoms with Gasteiger partial charge < -0.3 is 24.3 Å². The van der Waals surface area contributed by atoms with Crippen LogP contribution in [0.4, 0.5) is 4.79 Å². The molecule has 0 bridgehead atoms. The Balaban J connectivity index is 1.60. The second kappa shape index (κ2) is 7.58. The number of hydrazone groups is 1. The topological polar surface area (TPSA) is 98.7 Å². The molecule has 1 N–H and O–H groups in total. The Morgan fingerprint density at radius 2 is 1.83 bits per heavy atom. The Morgan fingerprint density at radius 1 is 1.10 bits per heavy atom. The molecule has 3 amide bonds. The summed E-state index contributed by atoms with van der Waals surface area (Å²) in [6.45, 7) is 2.49. The summed E-state index contributed by atoms with van der Waals surface area (Å²) in [7, 11) is 3.08. The van der Waals surface area contributed by atoms with E-state index in [-0.39, 0.29) is 0 Å². The van der Waals surface area contributed by atoms with Crippen molar-refractivity contribution < 1.29 is 28.5 Å². The summed E-state index contributed by atoms with van der Waals surface area (Å²) < 4.78 is 21.7. The van der Waals surface area contributed by atoms with E-state index in [4.69, 9.17) is 18.9 Å². The quantitative estimate of drug-likeness (QED) is 0.599. The number of fused-ring (bicyclic) bond motifs is 1. The molecule has 0 saturated carbocycles. The van der Waals surface area contributed by atoms with E-state index in [0.29, 0.717) is 47.3 Å². The van der Waals surface area contributed by atoms with Crippen molar-refractivity contribution in [2.75, 3.05) is 27.4 Å². The number of nitrogens with one attached hydrogen (secondary N) is 1. The smallest absolute Gasteiger partial charge is 0.346 e. The van der Waals surface area contributed by atoms with Crippen molar-refractivity contribution in [2.24, 2.45) is 5.10 Å². The van der Waals surface area contributed by atoms with Crippen molar-refractivity contribution in [1.29, 1.82) is 0 Å². The summed E-state index contributed by atoms with van der Waals surface area (Å²) in [6.07, 6.45) is 1.40. The first-order valence-corrected chi connectivity index (χ1v) is 9.29. The number of amides is 3. The largest absolute Gasteiger partial charge is 0.497 e. The number of rotatable bonds is 5. The lowest BCUT2D eigenvalue weighted by Gasteiger charge is -2.21. The fourth-order valence-electron chi connectivity index (χ4n) is 3.34. The molecular formula is C21H21N3O6. The van der Waals surface area contributed by atoms with Crippen molar-refractivity contribution in [2.45, 2.75) is 12.5 Å². The van der Waals surface area contributed by atoms with Gasteiger partial charge in [0.2, 0.25) is 5.75 Å². The number of nitrogens with zero attached hydrogens (tertiary/aromatic N) is 2. The van der Waals surface area contributed by atoms with Crippen LogP contribution in [-0.2, 0) is 10.3 Å². The van der Waals surface area contributed by atoms with Crippen LogP contribution in [0, 0.1) is 0 Å². The summed E-state index contributed by atoms with van der Waals surface area (Å²) in [6, 6.07) is 9.71. The van der Waals surface area contributed by atoms with Crippen LogP contribution in [0.3, 0.4) is 0 Å². The van der Waals surface area contributed by atoms with Gasteiger partial charge in [-0.15, -0.1) is 5.01 Å². The first kappa shape index (κ1) is 19.6. The monoisotopic (exact) mass is 411 g/mol. The average molecular weight is 411 g/mol. The molecule has 2 aromatic rings. The Kier molecular flexibility index (Phi) is 4.94. The predicted octanol–water partition coefficient (Wildman–Crippen LogP) is 2.28. The summed E-state index contributed by atoms with van der Waals surface area (Å²) in [5.74, 6) is 1.68. The minimum absolute atomic E-state index is 0.421. The zero-order chi connectivity index (χ0) is 21.3. The lowest BCUT2D eigenvalue weighted by molar-refractivity contribution is -0.131. The lowest BCUT2D eigenvalue weighted by Crippen LogP contribution is -2.40. The predicted molar refractivity (Wildman–Crippen MR) is 107 cm³/mol. The average Bonchev–Trinajstić information content (AvgIpc) is 3.00. The molecule has 2 aliphatic heterocycles. The second-order valence-corrected chi connectivity index (χ2v) is 6.89. The van der Waals surface area contributed by atoms with E-state index < -0.39 is 17.5 Å². The Bertz CT molecular complexity index is 1000. The SMILES string of the molecule is COc1ccc([C@@]2(C)NC(=O)N(/N=C\c3cc(OC)c4c(c3)OCCO4)C2=O)cc1. The molecule has 1 saturated heterocycles. The van der Waals surface area contributed by atoms with Crippen molar-refractivity contribution in [3.63, 3.8) is 0 Å². The van der Waals surface area contributed by atoms with Gasteiger partial charge >= 0.3 is 6.03 Å². The third kappa shape index (κ3) is 3.28. The molecule has 156 valence electrons. The first-order valence-electron chi connectivity index (χ1n) is 9.29. The van der Waals surface area contributed by atoms with E-state index in [9.17, 15) is 9.59 Å². The van der Waals surface area contributed by atoms with Gasteiger partial charge in [-0.25, -0.2) is 4.79 Å². The molecule has 2 aliphatic rings. The number of carbonyl (C=O) groups excluding carboxylic acids is 2. The molecule has 4 rings (SSSR count). The van der Waals surface area contributed by atoms with Gasteiger partial charge in [0.15, 0.2) is 11.5 Å². The standard InChI is InChI=1S/C21H21N3O6/c1-21(14-4-6-15(27-2)7-5-14)19(25)24(20(26)23-21)22-12-13-10-16(28-3)18-17(11-13)29-8-9-30-18/h4-7,10-12H,8-9H2,1-3H3,(H,23,26)/b22-12-/t21-/m1/s1. The summed E-state index contributed by atoms with van der Waals surface area (Å²) >= 11 is 0. The van der Waals surface area contributed by atoms with E-state index in [1.807, 2.05) is 0 Å². The highest BCUT2D eigenvalue weighted by Gasteiger charge is 2.49. The molecule has 1 fully saturated rings. The van der Waals surface area contributed by atoms with Gasteiger partial charge in [0, 0.05) is 5.56 Å². The van der Waals surface area contributed by atoms with Crippen LogP contribution < -0.4 is 24.3 Å². The summed E-state index contributed by atoms with van der Waals surface area (Å²) in [5.41, 5.74) is -0.0133. The van der Waals surface area contributed by atoms with Gasteiger partial charge in [0.05, 0.1) is 20.4 Å². The Labute approximate surface area is 173 Å². The zero-order valence-corrected chi connectivity index (χ0v) is 16.8. The highest BCUT2D eigenvalue weighted by atomic mass is 16.6. The maximum absolute atomic E-state index is 13.0. The summed E-state index contributed by atoms with van der Waals surface area (Å²) in [4.78, 5) is 25.5. The number of methoxy groups -OCH3 is 2. The fraction of sp³-hybridized carbons (Fsp3) is 0.286. The molecule has 30 heavy (non-hydrogen) atoms. The number of ether oxygens (including phenoxy) is 4. The lowest BCUT2D eigenvalue weighted by atomic mass is 9.92. The number of imide groups is 1. The molecule has 9 nitrogen and oxygen atoms in total. The summed E-state index contributed by atoms with van der Waals surface area (Å²) in [5, 5.41) is 7.62. The fourth-order valence-corrected chi connectivity index (χ4v) is 3.34.